The molecule has 0 aromatic heterocycles. The van der Waals surface area contributed by atoms with E-state index in [1.807, 2.05) is 24.3 Å². The van der Waals surface area contributed by atoms with Crippen LogP contribution in [0.1, 0.15) is 13.3 Å². The molecule has 96 valence electrons. The zero-order valence-electron chi connectivity index (χ0n) is 10.1. The summed E-state index contributed by atoms with van der Waals surface area (Å²) < 4.78 is 0. The normalized spacial score (nSPS) is 19.1. The zero-order valence-corrected chi connectivity index (χ0v) is 11.7. The third-order valence-electron chi connectivity index (χ3n) is 2.92. The molecular formula is C13H15BrN2O2. The fraction of sp³-hybridized carbons (Fsp3) is 0.385. The van der Waals surface area contributed by atoms with Gasteiger partial charge in [-0.25, -0.2) is 0 Å². The first-order valence-corrected chi connectivity index (χ1v) is 6.96. The minimum atomic E-state index is -0.0978. The van der Waals surface area contributed by atoms with Crippen molar-refractivity contribution in [1.82, 2.24) is 0 Å². The van der Waals surface area contributed by atoms with Crippen LogP contribution in [0.25, 0.3) is 0 Å². The summed E-state index contributed by atoms with van der Waals surface area (Å²) in [7, 11) is 0. The van der Waals surface area contributed by atoms with Crippen molar-refractivity contribution in [2.45, 2.75) is 13.3 Å². The third kappa shape index (κ3) is 2.90. The average Bonchev–Trinajstić information content (AvgIpc) is 2.71. The van der Waals surface area contributed by atoms with Crippen LogP contribution in [0.4, 0.5) is 11.4 Å². The Morgan fingerprint density at radius 2 is 2.11 bits per heavy atom. The molecule has 2 rings (SSSR count). The molecule has 4 nitrogen and oxygen atoms in total. The summed E-state index contributed by atoms with van der Waals surface area (Å²) in [6.07, 6.45) is 0.596. The van der Waals surface area contributed by atoms with Crippen LogP contribution >= 0.6 is 15.9 Å². The van der Waals surface area contributed by atoms with Crippen molar-refractivity contribution in [2.24, 2.45) is 5.92 Å². The molecule has 1 unspecified atom stereocenters. The number of anilines is 2. The van der Waals surface area contributed by atoms with Crippen LogP contribution in [0.5, 0.6) is 0 Å². The summed E-state index contributed by atoms with van der Waals surface area (Å²) >= 11 is 3.42. The molecule has 5 heteroatoms. The largest absolute Gasteiger partial charge is 0.326 e. The summed E-state index contributed by atoms with van der Waals surface area (Å²) in [5.41, 5.74) is 1.63. The van der Waals surface area contributed by atoms with Crippen LogP contribution in [-0.4, -0.2) is 23.7 Å². The van der Waals surface area contributed by atoms with E-state index in [9.17, 15) is 9.59 Å². The first-order chi connectivity index (χ1) is 8.60. The second-order valence-corrected chi connectivity index (χ2v) is 5.10. The molecule has 1 fully saturated rings. The molecule has 0 bridgehead atoms. The number of benzene rings is 1. The van der Waals surface area contributed by atoms with Crippen molar-refractivity contribution in [2.75, 3.05) is 22.1 Å². The lowest BCUT2D eigenvalue weighted by Crippen LogP contribution is -2.24. The van der Waals surface area contributed by atoms with Gasteiger partial charge in [0.2, 0.25) is 11.8 Å². The highest BCUT2D eigenvalue weighted by atomic mass is 79.9. The topological polar surface area (TPSA) is 49.4 Å². The minimum absolute atomic E-state index is 0.0978. The van der Waals surface area contributed by atoms with Crippen molar-refractivity contribution in [3.63, 3.8) is 0 Å². The Hall–Kier alpha value is -1.36. The van der Waals surface area contributed by atoms with Crippen LogP contribution in [0.3, 0.4) is 0 Å². The maximum atomic E-state index is 11.8. The summed E-state index contributed by atoms with van der Waals surface area (Å²) in [6, 6.07) is 7.34. The van der Waals surface area contributed by atoms with Gasteiger partial charge in [-0.05, 0) is 30.2 Å². The number of hydrogen-bond acceptors (Lipinski definition) is 2. The van der Waals surface area contributed by atoms with Crippen molar-refractivity contribution in [3.05, 3.63) is 24.3 Å². The van der Waals surface area contributed by atoms with Crippen molar-refractivity contribution < 1.29 is 9.59 Å². The van der Waals surface area contributed by atoms with Crippen LogP contribution in [0, 0.1) is 5.92 Å². The van der Waals surface area contributed by atoms with Gasteiger partial charge in [-0.3, -0.25) is 9.59 Å². The molecule has 1 aromatic rings. The van der Waals surface area contributed by atoms with E-state index < -0.39 is 0 Å². The number of alkyl halides is 1. The quantitative estimate of drug-likeness (QED) is 0.872. The van der Waals surface area contributed by atoms with Gasteiger partial charge in [-0.2, -0.15) is 0 Å². The van der Waals surface area contributed by atoms with Gasteiger partial charge in [0.05, 0.1) is 0 Å². The van der Waals surface area contributed by atoms with E-state index >= 15 is 0 Å². The third-order valence-corrected chi connectivity index (χ3v) is 3.84. The monoisotopic (exact) mass is 310 g/mol. The lowest BCUT2D eigenvalue weighted by Gasteiger charge is -2.16. The Balaban J connectivity index is 2.10. The first-order valence-electron chi connectivity index (χ1n) is 5.84. The predicted octanol–water partition coefficient (Wildman–Crippen LogP) is 2.39. The van der Waals surface area contributed by atoms with E-state index in [-0.39, 0.29) is 11.8 Å². The average molecular weight is 311 g/mol. The van der Waals surface area contributed by atoms with Gasteiger partial charge in [-0.1, -0.05) is 15.9 Å². The van der Waals surface area contributed by atoms with Crippen molar-refractivity contribution in [3.8, 4) is 0 Å². The summed E-state index contributed by atoms with van der Waals surface area (Å²) in [5.74, 6) is 0.443. The highest BCUT2D eigenvalue weighted by Gasteiger charge is 2.29. The van der Waals surface area contributed by atoms with Gasteiger partial charge in [0.1, 0.15) is 0 Å². The van der Waals surface area contributed by atoms with Gasteiger partial charge >= 0.3 is 0 Å². The maximum absolute atomic E-state index is 11.8. The molecule has 0 aliphatic carbocycles. The van der Waals surface area contributed by atoms with Gasteiger partial charge in [0.15, 0.2) is 0 Å². The molecular weight excluding hydrogens is 296 g/mol. The molecule has 0 saturated carbocycles. The lowest BCUT2D eigenvalue weighted by atomic mass is 10.2. The number of hydrogen-bond donors (Lipinski definition) is 1. The fourth-order valence-corrected chi connectivity index (χ4v) is 2.50. The Bertz CT molecular complexity index is 459. The highest BCUT2D eigenvalue weighted by Crippen LogP contribution is 2.27. The van der Waals surface area contributed by atoms with E-state index in [0.717, 1.165) is 23.2 Å². The molecule has 0 spiro atoms. The second-order valence-electron chi connectivity index (χ2n) is 4.46. The zero-order chi connectivity index (χ0) is 13.1. The molecule has 1 N–H and O–H groups in total. The van der Waals surface area contributed by atoms with Crippen molar-refractivity contribution >= 4 is 39.1 Å². The number of nitrogens with one attached hydrogen (secondary N) is 1. The van der Waals surface area contributed by atoms with E-state index in [4.69, 9.17) is 0 Å². The van der Waals surface area contributed by atoms with Crippen molar-refractivity contribution in [1.29, 1.82) is 0 Å². The highest BCUT2D eigenvalue weighted by molar-refractivity contribution is 9.09. The molecule has 1 aliphatic heterocycles. The van der Waals surface area contributed by atoms with Gasteiger partial charge in [-0.15, -0.1) is 0 Å². The summed E-state index contributed by atoms with van der Waals surface area (Å²) in [5, 5.41) is 3.55. The Labute approximate surface area is 114 Å². The first kappa shape index (κ1) is 13.1. The van der Waals surface area contributed by atoms with E-state index in [2.05, 4.69) is 21.2 Å². The smallest absolute Gasteiger partial charge is 0.227 e. The molecule has 1 heterocycles. The second kappa shape index (κ2) is 5.52. The van der Waals surface area contributed by atoms with Crippen LogP contribution in [-0.2, 0) is 9.59 Å². The molecule has 0 radical (unpaired) electrons. The molecule has 1 aromatic carbocycles. The lowest BCUT2D eigenvalue weighted by molar-refractivity contribution is -0.117. The van der Waals surface area contributed by atoms with E-state index in [1.165, 1.54) is 6.92 Å². The Kier molecular flexibility index (Phi) is 4.01. The standard InChI is InChI=1S/C13H15BrN2O2/c1-9(17)15-11-2-4-12(5-3-11)16-8-10(7-14)6-13(16)18/h2-5,10H,6-8H2,1H3,(H,15,17). The molecule has 18 heavy (non-hydrogen) atoms. The van der Waals surface area contributed by atoms with E-state index in [1.54, 1.807) is 4.90 Å². The number of amides is 2. The summed E-state index contributed by atoms with van der Waals surface area (Å²) in [4.78, 5) is 24.5. The fourth-order valence-electron chi connectivity index (χ4n) is 2.06. The van der Waals surface area contributed by atoms with Gasteiger partial charge < -0.3 is 10.2 Å². The molecule has 2 amide bonds. The number of halogens is 1. The minimum Gasteiger partial charge on any atom is -0.326 e. The predicted molar refractivity (Wildman–Crippen MR) is 75.0 cm³/mol. The number of carbonyl (C=O) groups excluding carboxylic acids is 2. The number of nitrogens with zero attached hydrogens (tertiary/aromatic N) is 1. The van der Waals surface area contributed by atoms with E-state index in [0.29, 0.717) is 12.3 Å². The van der Waals surface area contributed by atoms with Crippen LogP contribution < -0.4 is 10.2 Å². The number of carbonyl (C=O) groups is 2. The maximum Gasteiger partial charge on any atom is 0.227 e. The Morgan fingerprint density at radius 1 is 1.44 bits per heavy atom. The summed E-state index contributed by atoms with van der Waals surface area (Å²) in [6.45, 7) is 2.22. The van der Waals surface area contributed by atoms with Gasteiger partial charge in [0.25, 0.3) is 0 Å². The number of rotatable bonds is 3. The molecule has 1 atom stereocenters. The Morgan fingerprint density at radius 3 is 2.61 bits per heavy atom. The van der Waals surface area contributed by atoms with Crippen LogP contribution in [0.15, 0.2) is 24.3 Å². The van der Waals surface area contributed by atoms with Gasteiger partial charge in [0, 0.05) is 36.6 Å². The SMILES string of the molecule is CC(=O)Nc1ccc(N2CC(CBr)CC2=O)cc1. The molecule has 1 aliphatic rings. The molecule has 1 saturated heterocycles. The van der Waals surface area contributed by atoms with Crippen LogP contribution in [0.2, 0.25) is 0 Å².